The Balaban J connectivity index is 1.87. The van der Waals surface area contributed by atoms with Gasteiger partial charge in [-0.15, -0.1) is 5.10 Å². The van der Waals surface area contributed by atoms with Gasteiger partial charge in [-0.1, -0.05) is 18.9 Å². The first-order valence-electron chi connectivity index (χ1n) is 7.61. The predicted octanol–water partition coefficient (Wildman–Crippen LogP) is 1.56. The van der Waals surface area contributed by atoms with Crippen molar-refractivity contribution < 1.29 is 9.52 Å². The molecule has 1 fully saturated rings. The monoisotopic (exact) mass is 282 g/mol. The summed E-state index contributed by atoms with van der Waals surface area (Å²) in [6.07, 6.45) is 4.11. The highest BCUT2D eigenvalue weighted by atomic mass is 16.4. The van der Waals surface area contributed by atoms with E-state index < -0.39 is 0 Å². The zero-order valence-electron chi connectivity index (χ0n) is 12.5. The minimum absolute atomic E-state index is 0.249. The van der Waals surface area contributed by atoms with Gasteiger partial charge in [0.05, 0.1) is 6.54 Å². The lowest BCUT2D eigenvalue weighted by atomic mass is 10.1. The molecular weight excluding hydrogens is 256 g/mol. The highest BCUT2D eigenvalue weighted by Gasteiger charge is 2.28. The Morgan fingerprint density at radius 1 is 1.45 bits per heavy atom. The molecule has 20 heavy (non-hydrogen) atoms. The number of aliphatic hydroxyl groups is 1. The molecule has 1 aliphatic rings. The molecule has 0 spiro atoms. The Labute approximate surface area is 120 Å². The van der Waals surface area contributed by atoms with Crippen molar-refractivity contribution in [2.45, 2.75) is 52.1 Å². The van der Waals surface area contributed by atoms with Crippen LogP contribution in [0.1, 0.15) is 45.4 Å². The van der Waals surface area contributed by atoms with Gasteiger partial charge >= 0.3 is 6.01 Å². The maximum atomic E-state index is 8.95. The quantitative estimate of drug-likeness (QED) is 0.753. The van der Waals surface area contributed by atoms with Crippen LogP contribution in [-0.2, 0) is 6.54 Å². The molecule has 0 aromatic carbocycles. The molecule has 0 bridgehead atoms. The average molecular weight is 282 g/mol. The fourth-order valence-corrected chi connectivity index (χ4v) is 2.61. The van der Waals surface area contributed by atoms with Gasteiger partial charge in [0.25, 0.3) is 0 Å². The van der Waals surface area contributed by atoms with E-state index in [1.54, 1.807) is 0 Å². The van der Waals surface area contributed by atoms with E-state index in [1.807, 2.05) is 0 Å². The first kappa shape index (κ1) is 15.3. The Bertz CT molecular complexity index is 394. The van der Waals surface area contributed by atoms with Crippen molar-refractivity contribution in [2.75, 3.05) is 24.6 Å². The lowest BCUT2D eigenvalue weighted by molar-refractivity contribution is 0.279. The molecule has 1 saturated heterocycles. The van der Waals surface area contributed by atoms with Crippen molar-refractivity contribution in [3.63, 3.8) is 0 Å². The Morgan fingerprint density at radius 3 is 3.05 bits per heavy atom. The topological polar surface area (TPSA) is 74.4 Å². The molecular formula is C14H26N4O2. The van der Waals surface area contributed by atoms with Crippen LogP contribution in [0.15, 0.2) is 4.42 Å². The molecule has 2 N–H and O–H groups in total. The van der Waals surface area contributed by atoms with Gasteiger partial charge in [0.15, 0.2) is 0 Å². The first-order chi connectivity index (χ1) is 9.70. The molecule has 0 aliphatic carbocycles. The van der Waals surface area contributed by atoms with Crippen LogP contribution in [0, 0.1) is 5.92 Å². The minimum Gasteiger partial charge on any atom is -0.407 e. The van der Waals surface area contributed by atoms with E-state index in [0.29, 0.717) is 30.4 Å². The number of hydrogen-bond donors (Lipinski definition) is 2. The third kappa shape index (κ3) is 4.18. The Kier molecular flexibility index (Phi) is 5.79. The average Bonchev–Trinajstić information content (AvgIpc) is 3.04. The van der Waals surface area contributed by atoms with Crippen LogP contribution in [-0.4, -0.2) is 41.0 Å². The van der Waals surface area contributed by atoms with Crippen LogP contribution < -0.4 is 10.2 Å². The maximum absolute atomic E-state index is 8.95. The largest absolute Gasteiger partial charge is 0.407 e. The van der Waals surface area contributed by atoms with Gasteiger partial charge in [-0.05, 0) is 38.1 Å². The van der Waals surface area contributed by atoms with Crippen molar-refractivity contribution >= 4 is 6.01 Å². The highest BCUT2D eigenvalue weighted by molar-refractivity contribution is 5.28. The summed E-state index contributed by atoms with van der Waals surface area (Å²) in [6.45, 7) is 7.13. The third-order valence-corrected chi connectivity index (χ3v) is 3.60. The number of nitrogens with one attached hydrogen (secondary N) is 1. The van der Waals surface area contributed by atoms with Crippen LogP contribution in [0.3, 0.4) is 0 Å². The standard InChI is InChI=1S/C14H26N4O2/c1-11(2)9-15-10-13-16-17-14(20-13)18-7-3-5-12(18)6-4-8-19/h11-12,15,19H,3-10H2,1-2H3. The second-order valence-corrected chi connectivity index (χ2v) is 5.86. The van der Waals surface area contributed by atoms with Gasteiger partial charge < -0.3 is 19.7 Å². The molecule has 1 unspecified atom stereocenters. The normalized spacial score (nSPS) is 19.2. The molecule has 1 aromatic heterocycles. The van der Waals surface area contributed by atoms with Crippen molar-refractivity contribution in [2.24, 2.45) is 5.92 Å². The molecule has 0 radical (unpaired) electrons. The van der Waals surface area contributed by atoms with Crippen molar-refractivity contribution in [3.05, 3.63) is 5.89 Å². The van der Waals surface area contributed by atoms with Crippen LogP contribution >= 0.6 is 0 Å². The van der Waals surface area contributed by atoms with Gasteiger partial charge in [-0.2, -0.15) is 0 Å². The number of anilines is 1. The van der Waals surface area contributed by atoms with Gasteiger partial charge in [0, 0.05) is 19.2 Å². The van der Waals surface area contributed by atoms with E-state index in [-0.39, 0.29) is 6.61 Å². The molecule has 114 valence electrons. The Morgan fingerprint density at radius 2 is 2.30 bits per heavy atom. The second kappa shape index (κ2) is 7.59. The fraction of sp³-hybridized carbons (Fsp3) is 0.857. The summed E-state index contributed by atoms with van der Waals surface area (Å²) >= 11 is 0. The van der Waals surface area contributed by atoms with E-state index in [1.165, 1.54) is 0 Å². The van der Waals surface area contributed by atoms with Gasteiger partial charge in [0.1, 0.15) is 0 Å². The fourth-order valence-electron chi connectivity index (χ4n) is 2.61. The van der Waals surface area contributed by atoms with E-state index in [9.17, 15) is 0 Å². The second-order valence-electron chi connectivity index (χ2n) is 5.86. The van der Waals surface area contributed by atoms with Crippen LogP contribution in [0.25, 0.3) is 0 Å². The van der Waals surface area contributed by atoms with Gasteiger partial charge in [-0.3, -0.25) is 0 Å². The third-order valence-electron chi connectivity index (χ3n) is 3.60. The number of aromatic nitrogens is 2. The zero-order chi connectivity index (χ0) is 14.4. The molecule has 1 aromatic rings. The van der Waals surface area contributed by atoms with E-state index in [2.05, 4.69) is 34.3 Å². The molecule has 2 rings (SSSR count). The highest BCUT2D eigenvalue weighted by Crippen LogP contribution is 2.26. The van der Waals surface area contributed by atoms with Crippen LogP contribution in [0.4, 0.5) is 6.01 Å². The number of nitrogens with zero attached hydrogens (tertiary/aromatic N) is 3. The lowest BCUT2D eigenvalue weighted by Gasteiger charge is -2.21. The minimum atomic E-state index is 0.249. The summed E-state index contributed by atoms with van der Waals surface area (Å²) in [5.74, 6) is 1.26. The summed E-state index contributed by atoms with van der Waals surface area (Å²) in [4.78, 5) is 2.19. The van der Waals surface area contributed by atoms with Crippen LogP contribution in [0.5, 0.6) is 0 Å². The summed E-state index contributed by atoms with van der Waals surface area (Å²) < 4.78 is 5.74. The SMILES string of the molecule is CC(C)CNCc1nnc(N2CCCC2CCCO)o1. The zero-order valence-corrected chi connectivity index (χ0v) is 12.5. The first-order valence-corrected chi connectivity index (χ1v) is 7.61. The molecule has 0 saturated carbocycles. The summed E-state index contributed by atoms with van der Waals surface area (Å²) in [5.41, 5.74) is 0. The van der Waals surface area contributed by atoms with Crippen molar-refractivity contribution in [1.82, 2.24) is 15.5 Å². The number of aliphatic hydroxyl groups excluding tert-OH is 1. The lowest BCUT2D eigenvalue weighted by Crippen LogP contribution is -2.29. The molecule has 1 atom stereocenters. The summed E-state index contributed by atoms with van der Waals surface area (Å²) in [7, 11) is 0. The van der Waals surface area contributed by atoms with Crippen molar-refractivity contribution in [1.29, 1.82) is 0 Å². The number of rotatable bonds is 8. The van der Waals surface area contributed by atoms with E-state index >= 15 is 0 Å². The molecule has 2 heterocycles. The number of hydrogen-bond acceptors (Lipinski definition) is 6. The van der Waals surface area contributed by atoms with E-state index in [0.717, 1.165) is 38.8 Å². The predicted molar refractivity (Wildman–Crippen MR) is 77.5 cm³/mol. The molecule has 0 amide bonds. The van der Waals surface area contributed by atoms with Crippen LogP contribution in [0.2, 0.25) is 0 Å². The molecule has 1 aliphatic heterocycles. The summed E-state index contributed by atoms with van der Waals surface area (Å²) in [5, 5.41) is 20.5. The molecule has 6 heteroatoms. The smallest absolute Gasteiger partial charge is 0.318 e. The maximum Gasteiger partial charge on any atom is 0.318 e. The van der Waals surface area contributed by atoms with Crippen molar-refractivity contribution in [3.8, 4) is 0 Å². The van der Waals surface area contributed by atoms with E-state index in [4.69, 9.17) is 9.52 Å². The summed E-state index contributed by atoms with van der Waals surface area (Å²) in [6, 6.07) is 1.06. The Hall–Kier alpha value is -1.14. The van der Waals surface area contributed by atoms with Gasteiger partial charge in [-0.25, -0.2) is 0 Å². The van der Waals surface area contributed by atoms with Gasteiger partial charge in [0.2, 0.25) is 5.89 Å². The molecule has 6 nitrogen and oxygen atoms in total.